The van der Waals surface area contributed by atoms with Gasteiger partial charge in [0, 0.05) is 11.1 Å². The minimum atomic E-state index is 0.158. The number of fused-ring (bicyclic) bond motifs is 1. The maximum absolute atomic E-state index is 12.6. The van der Waals surface area contributed by atoms with Gasteiger partial charge in [-0.1, -0.05) is 69.3 Å². The van der Waals surface area contributed by atoms with Gasteiger partial charge in [-0.05, 0) is 41.0 Å². The SMILES string of the molecule is CC(C)(C)c1ccc(C=C2CCc3ccccc3C2=O)cc1. The number of ketones is 1. The van der Waals surface area contributed by atoms with Crippen molar-refractivity contribution in [3.8, 4) is 0 Å². The standard InChI is InChI=1S/C21H22O/c1-21(2,3)18-12-8-15(9-13-18)14-17-11-10-16-6-4-5-7-19(16)20(17)22/h4-9,12-14H,10-11H2,1-3H3. The number of hydrogen-bond donors (Lipinski definition) is 0. The molecule has 0 saturated heterocycles. The Hall–Kier alpha value is -2.15. The molecule has 1 aliphatic rings. The third kappa shape index (κ3) is 2.89. The molecule has 0 spiro atoms. The Morgan fingerprint density at radius 2 is 1.59 bits per heavy atom. The summed E-state index contributed by atoms with van der Waals surface area (Å²) in [5.41, 5.74) is 5.54. The fourth-order valence-corrected chi connectivity index (χ4v) is 2.93. The molecule has 1 nitrogen and oxygen atoms in total. The van der Waals surface area contributed by atoms with Crippen molar-refractivity contribution in [3.05, 3.63) is 76.4 Å². The normalized spacial score (nSPS) is 16.7. The highest BCUT2D eigenvalue weighted by molar-refractivity contribution is 6.13. The molecule has 0 saturated carbocycles. The first-order valence-electron chi connectivity index (χ1n) is 7.89. The second kappa shape index (κ2) is 5.57. The minimum absolute atomic E-state index is 0.158. The molecule has 0 amide bonds. The van der Waals surface area contributed by atoms with E-state index in [1.165, 1.54) is 11.1 Å². The summed E-state index contributed by atoms with van der Waals surface area (Å²) in [5.74, 6) is 0.182. The van der Waals surface area contributed by atoms with Crippen LogP contribution in [0.2, 0.25) is 0 Å². The summed E-state index contributed by atoms with van der Waals surface area (Å²) in [5, 5.41) is 0. The Labute approximate surface area is 132 Å². The van der Waals surface area contributed by atoms with Crippen LogP contribution in [0, 0.1) is 0 Å². The van der Waals surface area contributed by atoms with Crippen LogP contribution in [0.1, 0.15) is 54.2 Å². The number of rotatable bonds is 1. The first-order chi connectivity index (χ1) is 10.4. The van der Waals surface area contributed by atoms with Crippen LogP contribution in [0.4, 0.5) is 0 Å². The van der Waals surface area contributed by atoms with Crippen LogP contribution in [-0.4, -0.2) is 5.78 Å². The molecule has 0 aromatic heterocycles. The summed E-state index contributed by atoms with van der Waals surface area (Å²) >= 11 is 0. The molecule has 112 valence electrons. The van der Waals surface area contributed by atoms with Crippen molar-refractivity contribution in [1.29, 1.82) is 0 Å². The maximum atomic E-state index is 12.6. The topological polar surface area (TPSA) is 17.1 Å². The molecule has 0 fully saturated rings. The zero-order chi connectivity index (χ0) is 15.7. The fraction of sp³-hybridized carbons (Fsp3) is 0.286. The molecule has 2 aromatic carbocycles. The Bertz CT molecular complexity index is 727. The van der Waals surface area contributed by atoms with Crippen molar-refractivity contribution < 1.29 is 4.79 Å². The maximum Gasteiger partial charge on any atom is 0.189 e. The van der Waals surface area contributed by atoms with Crippen molar-refractivity contribution in [1.82, 2.24) is 0 Å². The Balaban J connectivity index is 1.89. The molecule has 0 heterocycles. The van der Waals surface area contributed by atoms with Gasteiger partial charge in [-0.2, -0.15) is 0 Å². The van der Waals surface area contributed by atoms with Gasteiger partial charge in [0.05, 0.1) is 0 Å². The molecule has 2 aromatic rings. The van der Waals surface area contributed by atoms with E-state index in [4.69, 9.17) is 0 Å². The number of benzene rings is 2. The molecule has 1 aliphatic carbocycles. The third-order valence-electron chi connectivity index (χ3n) is 4.33. The van der Waals surface area contributed by atoms with Crippen LogP contribution in [0.3, 0.4) is 0 Å². The second-order valence-electron chi connectivity index (χ2n) is 7.03. The molecule has 0 bridgehead atoms. The van der Waals surface area contributed by atoms with E-state index in [2.05, 4.69) is 51.1 Å². The zero-order valence-corrected chi connectivity index (χ0v) is 13.5. The third-order valence-corrected chi connectivity index (χ3v) is 4.33. The lowest BCUT2D eigenvalue weighted by molar-refractivity contribution is 0.102. The van der Waals surface area contributed by atoms with Crippen LogP contribution < -0.4 is 0 Å². The number of carbonyl (C=O) groups excluding carboxylic acids is 1. The van der Waals surface area contributed by atoms with E-state index in [0.29, 0.717) is 0 Å². The van der Waals surface area contributed by atoms with E-state index >= 15 is 0 Å². The van der Waals surface area contributed by atoms with E-state index in [-0.39, 0.29) is 11.2 Å². The van der Waals surface area contributed by atoms with Gasteiger partial charge in [-0.15, -0.1) is 0 Å². The van der Waals surface area contributed by atoms with Crippen molar-refractivity contribution in [2.75, 3.05) is 0 Å². The van der Waals surface area contributed by atoms with E-state index < -0.39 is 0 Å². The summed E-state index contributed by atoms with van der Waals surface area (Å²) in [6.45, 7) is 6.63. The zero-order valence-electron chi connectivity index (χ0n) is 13.5. The Morgan fingerprint density at radius 1 is 0.909 bits per heavy atom. The van der Waals surface area contributed by atoms with E-state index in [1.807, 2.05) is 24.3 Å². The van der Waals surface area contributed by atoms with E-state index in [0.717, 1.165) is 29.5 Å². The summed E-state index contributed by atoms with van der Waals surface area (Å²) in [6.07, 6.45) is 3.83. The quantitative estimate of drug-likeness (QED) is 0.660. The lowest BCUT2D eigenvalue weighted by Crippen LogP contribution is -2.13. The molecule has 0 atom stereocenters. The van der Waals surface area contributed by atoms with Gasteiger partial charge in [0.1, 0.15) is 0 Å². The molecule has 0 unspecified atom stereocenters. The smallest absolute Gasteiger partial charge is 0.189 e. The van der Waals surface area contributed by atoms with Crippen LogP contribution in [0.15, 0.2) is 54.1 Å². The van der Waals surface area contributed by atoms with Gasteiger partial charge in [0.15, 0.2) is 5.78 Å². The van der Waals surface area contributed by atoms with E-state index in [1.54, 1.807) is 0 Å². The molecule has 0 N–H and O–H groups in total. The number of aryl methyl sites for hydroxylation is 1. The average Bonchev–Trinajstić information content (AvgIpc) is 2.50. The highest BCUT2D eigenvalue weighted by atomic mass is 16.1. The highest BCUT2D eigenvalue weighted by Gasteiger charge is 2.21. The van der Waals surface area contributed by atoms with Gasteiger partial charge in [-0.3, -0.25) is 4.79 Å². The van der Waals surface area contributed by atoms with Crippen LogP contribution in [-0.2, 0) is 11.8 Å². The first-order valence-corrected chi connectivity index (χ1v) is 7.89. The fourth-order valence-electron chi connectivity index (χ4n) is 2.93. The molecular weight excluding hydrogens is 268 g/mol. The van der Waals surface area contributed by atoms with Crippen LogP contribution in [0.25, 0.3) is 6.08 Å². The Morgan fingerprint density at radius 3 is 2.27 bits per heavy atom. The van der Waals surface area contributed by atoms with Crippen LogP contribution >= 0.6 is 0 Å². The van der Waals surface area contributed by atoms with Gasteiger partial charge in [0.2, 0.25) is 0 Å². The lowest BCUT2D eigenvalue weighted by Gasteiger charge is -2.19. The largest absolute Gasteiger partial charge is 0.289 e. The monoisotopic (exact) mass is 290 g/mol. The molecule has 0 aliphatic heterocycles. The van der Waals surface area contributed by atoms with Gasteiger partial charge >= 0.3 is 0 Å². The van der Waals surface area contributed by atoms with Gasteiger partial charge in [-0.25, -0.2) is 0 Å². The summed E-state index contributed by atoms with van der Waals surface area (Å²) < 4.78 is 0. The van der Waals surface area contributed by atoms with Crippen molar-refractivity contribution in [3.63, 3.8) is 0 Å². The first kappa shape index (κ1) is 14.8. The van der Waals surface area contributed by atoms with Gasteiger partial charge < -0.3 is 0 Å². The van der Waals surface area contributed by atoms with Crippen LogP contribution in [0.5, 0.6) is 0 Å². The number of hydrogen-bond acceptors (Lipinski definition) is 1. The number of carbonyl (C=O) groups is 1. The highest BCUT2D eigenvalue weighted by Crippen LogP contribution is 2.27. The molecule has 3 rings (SSSR count). The minimum Gasteiger partial charge on any atom is -0.289 e. The molecular formula is C21H22O. The summed E-state index contributed by atoms with van der Waals surface area (Å²) in [7, 11) is 0. The second-order valence-corrected chi connectivity index (χ2v) is 7.03. The predicted molar refractivity (Wildman–Crippen MR) is 92.2 cm³/mol. The summed E-state index contributed by atoms with van der Waals surface area (Å²) in [4.78, 5) is 12.6. The van der Waals surface area contributed by atoms with Crippen molar-refractivity contribution in [2.45, 2.75) is 39.0 Å². The Kier molecular flexibility index (Phi) is 3.74. The summed E-state index contributed by atoms with van der Waals surface area (Å²) in [6, 6.07) is 16.5. The van der Waals surface area contributed by atoms with Gasteiger partial charge in [0.25, 0.3) is 0 Å². The van der Waals surface area contributed by atoms with E-state index in [9.17, 15) is 4.79 Å². The molecule has 0 radical (unpaired) electrons. The average molecular weight is 290 g/mol. The molecule has 22 heavy (non-hydrogen) atoms. The molecule has 1 heteroatoms. The number of Topliss-reactive ketones (excluding diaryl/α,β-unsaturated/α-hetero) is 1. The number of allylic oxidation sites excluding steroid dienone is 1. The van der Waals surface area contributed by atoms with Crippen molar-refractivity contribution in [2.24, 2.45) is 0 Å². The predicted octanol–water partition coefficient (Wildman–Crippen LogP) is 5.20. The lowest BCUT2D eigenvalue weighted by atomic mass is 9.85. The van der Waals surface area contributed by atoms with Crippen molar-refractivity contribution >= 4 is 11.9 Å².